The quantitative estimate of drug-likeness (QED) is 0.176. The van der Waals surface area contributed by atoms with Crippen LogP contribution in [0.15, 0.2) is 55.1 Å². The number of fused-ring (bicyclic) bond motifs is 1. The van der Waals surface area contributed by atoms with Gasteiger partial charge < -0.3 is 25.6 Å². The van der Waals surface area contributed by atoms with E-state index in [1.54, 1.807) is 12.1 Å². The van der Waals surface area contributed by atoms with E-state index < -0.39 is 41.9 Å². The highest BCUT2D eigenvalue weighted by atomic mass is 35.5. The van der Waals surface area contributed by atoms with Crippen LogP contribution in [0.3, 0.4) is 0 Å². The minimum atomic E-state index is -1.26. The Bertz CT molecular complexity index is 1550. The Labute approximate surface area is 236 Å². The number of carbonyl (C=O) groups is 1. The highest BCUT2D eigenvalue weighted by molar-refractivity contribution is 6.35. The van der Waals surface area contributed by atoms with Gasteiger partial charge in [-0.15, -0.1) is 0 Å². The molecule has 40 heavy (non-hydrogen) atoms. The Hall–Kier alpha value is -3.88. The highest BCUT2D eigenvalue weighted by Gasteiger charge is 2.46. The summed E-state index contributed by atoms with van der Waals surface area (Å²) in [6.45, 7) is 1.37. The van der Waals surface area contributed by atoms with Gasteiger partial charge in [-0.3, -0.25) is 19.5 Å². The first-order valence-electron chi connectivity index (χ1n) is 12.1. The molecule has 0 spiro atoms. The normalized spacial score (nSPS) is 21.3. The number of ether oxygens (including phenoxy) is 1. The second kappa shape index (κ2) is 11.3. The van der Waals surface area contributed by atoms with Crippen molar-refractivity contribution in [3.63, 3.8) is 0 Å². The SMILES string of the molecule is C[C@@H](Nc1ncnc2c1ncn2[C@@H]1O[C@H](CO)[C@@H](O)[C@H]1NC(=O)c1cc(Cl)cc(Cl)c1)c1ccc([N+](=O)[O-])cc1. The Morgan fingerprint density at radius 2 is 1.88 bits per heavy atom. The van der Waals surface area contributed by atoms with Gasteiger partial charge in [0, 0.05) is 27.7 Å². The first kappa shape index (κ1) is 27.7. The van der Waals surface area contributed by atoms with Gasteiger partial charge in [0.15, 0.2) is 23.2 Å². The summed E-state index contributed by atoms with van der Waals surface area (Å²) in [6, 6.07) is 9.22. The minimum absolute atomic E-state index is 0.0147. The molecule has 2 aromatic heterocycles. The van der Waals surface area contributed by atoms with Gasteiger partial charge in [-0.2, -0.15) is 0 Å². The summed E-state index contributed by atoms with van der Waals surface area (Å²) in [7, 11) is 0. The summed E-state index contributed by atoms with van der Waals surface area (Å²) < 4.78 is 7.45. The maximum Gasteiger partial charge on any atom is 0.269 e. The maximum absolute atomic E-state index is 13.0. The van der Waals surface area contributed by atoms with Crippen molar-refractivity contribution < 1.29 is 24.7 Å². The van der Waals surface area contributed by atoms with Crippen LogP contribution in [0.4, 0.5) is 11.5 Å². The van der Waals surface area contributed by atoms with Crippen LogP contribution < -0.4 is 10.6 Å². The standard InChI is InChI=1S/C25H23Cl2N7O6/c1-12(13-2-4-17(5-3-13)34(38)39)31-22-20-23(29-10-28-22)33(11-30-20)25-19(21(36)18(9-35)40-25)32-24(37)14-6-15(26)8-16(27)7-14/h2-8,10-12,18-19,21,25,35-36H,9H2,1H3,(H,32,37)(H,28,29,31)/t12-,18-,19-,21-,25-/m1/s1. The number of anilines is 1. The minimum Gasteiger partial charge on any atom is -0.394 e. The second-order valence-corrected chi connectivity index (χ2v) is 10.0. The number of imidazole rings is 1. The van der Waals surface area contributed by atoms with Gasteiger partial charge >= 0.3 is 0 Å². The van der Waals surface area contributed by atoms with Crippen LogP contribution in [-0.4, -0.2) is 65.4 Å². The summed E-state index contributed by atoms with van der Waals surface area (Å²) in [5.74, 6) is -0.167. The third kappa shape index (κ3) is 5.42. The fourth-order valence-corrected chi connectivity index (χ4v) is 5.05. The molecular formula is C25H23Cl2N7O6. The molecule has 15 heteroatoms. The van der Waals surface area contributed by atoms with Crippen molar-refractivity contribution in [2.75, 3.05) is 11.9 Å². The Morgan fingerprint density at radius 3 is 2.52 bits per heavy atom. The van der Waals surface area contributed by atoms with Gasteiger partial charge in [0.1, 0.15) is 24.6 Å². The number of hydrogen-bond donors (Lipinski definition) is 4. The van der Waals surface area contributed by atoms with Crippen molar-refractivity contribution in [3.05, 3.63) is 86.4 Å². The van der Waals surface area contributed by atoms with E-state index in [1.807, 2.05) is 6.92 Å². The van der Waals surface area contributed by atoms with Gasteiger partial charge in [-0.05, 0) is 30.7 Å². The zero-order valence-corrected chi connectivity index (χ0v) is 22.3. The average Bonchev–Trinajstić information content (AvgIpc) is 3.49. The number of nitrogens with zero attached hydrogens (tertiary/aromatic N) is 5. The fraction of sp³-hybridized carbons (Fsp3) is 0.280. The van der Waals surface area contributed by atoms with Crippen LogP contribution >= 0.6 is 23.2 Å². The third-order valence-electron chi connectivity index (χ3n) is 6.56. The van der Waals surface area contributed by atoms with Gasteiger partial charge in [0.2, 0.25) is 0 Å². The number of hydrogen-bond acceptors (Lipinski definition) is 10. The van der Waals surface area contributed by atoms with Crippen molar-refractivity contribution in [2.45, 2.75) is 37.4 Å². The molecule has 0 unspecified atom stereocenters. The number of nitro benzene ring substituents is 1. The molecule has 0 bridgehead atoms. The molecular weight excluding hydrogens is 565 g/mol. The van der Waals surface area contributed by atoms with E-state index in [1.165, 1.54) is 47.6 Å². The van der Waals surface area contributed by atoms with Crippen LogP contribution in [0.25, 0.3) is 11.2 Å². The lowest BCUT2D eigenvalue weighted by Crippen LogP contribution is -2.46. The summed E-state index contributed by atoms with van der Waals surface area (Å²) >= 11 is 12.1. The molecule has 13 nitrogen and oxygen atoms in total. The molecule has 2 aromatic carbocycles. The third-order valence-corrected chi connectivity index (χ3v) is 7.00. The molecule has 5 atom stereocenters. The van der Waals surface area contributed by atoms with E-state index in [0.717, 1.165) is 5.56 Å². The first-order chi connectivity index (χ1) is 19.2. The molecule has 0 radical (unpaired) electrons. The van der Waals surface area contributed by atoms with Crippen molar-refractivity contribution >= 4 is 51.8 Å². The lowest BCUT2D eigenvalue weighted by atomic mass is 10.1. The van der Waals surface area contributed by atoms with Gasteiger partial charge in [0.25, 0.3) is 11.6 Å². The molecule has 0 aliphatic carbocycles. The molecule has 1 saturated heterocycles. The summed E-state index contributed by atoms with van der Waals surface area (Å²) in [4.78, 5) is 36.6. The summed E-state index contributed by atoms with van der Waals surface area (Å²) in [5, 5.41) is 38.1. The number of halogens is 2. The number of non-ortho nitro benzene ring substituents is 1. The van der Waals surface area contributed by atoms with Gasteiger partial charge in [0.05, 0.1) is 23.9 Å². The summed E-state index contributed by atoms with van der Waals surface area (Å²) in [6.07, 6.45) is -0.467. The van der Waals surface area contributed by atoms with E-state index in [0.29, 0.717) is 17.0 Å². The molecule has 4 aromatic rings. The molecule has 3 heterocycles. The molecule has 1 fully saturated rings. The van der Waals surface area contributed by atoms with E-state index in [9.17, 15) is 25.1 Å². The molecule has 4 N–H and O–H groups in total. The predicted molar refractivity (Wildman–Crippen MR) is 145 cm³/mol. The van der Waals surface area contributed by atoms with Crippen LogP contribution in [0.2, 0.25) is 10.0 Å². The van der Waals surface area contributed by atoms with Gasteiger partial charge in [-0.1, -0.05) is 35.3 Å². The molecule has 1 amide bonds. The molecule has 1 aliphatic heterocycles. The van der Waals surface area contributed by atoms with Crippen LogP contribution in [0, 0.1) is 10.1 Å². The monoisotopic (exact) mass is 587 g/mol. The number of carbonyl (C=O) groups excluding carboxylic acids is 1. The number of rotatable bonds is 8. The number of amides is 1. The number of aliphatic hydroxyl groups is 2. The molecule has 5 rings (SSSR count). The van der Waals surface area contributed by atoms with Crippen LogP contribution in [-0.2, 0) is 4.74 Å². The van der Waals surface area contributed by atoms with E-state index >= 15 is 0 Å². The second-order valence-electron chi connectivity index (χ2n) is 9.16. The average molecular weight is 588 g/mol. The van der Waals surface area contributed by atoms with Crippen molar-refractivity contribution in [2.24, 2.45) is 0 Å². The van der Waals surface area contributed by atoms with E-state index in [-0.39, 0.29) is 27.3 Å². The summed E-state index contributed by atoms with van der Waals surface area (Å²) in [5.41, 5.74) is 1.68. The molecule has 1 aliphatic rings. The number of nitrogens with one attached hydrogen (secondary N) is 2. The van der Waals surface area contributed by atoms with Crippen LogP contribution in [0.5, 0.6) is 0 Å². The lowest BCUT2D eigenvalue weighted by Gasteiger charge is -2.23. The largest absolute Gasteiger partial charge is 0.394 e. The van der Waals surface area contributed by atoms with Crippen molar-refractivity contribution in [1.82, 2.24) is 24.8 Å². The molecule has 208 valence electrons. The zero-order valence-electron chi connectivity index (χ0n) is 20.8. The molecule has 0 saturated carbocycles. The van der Waals surface area contributed by atoms with Crippen LogP contribution in [0.1, 0.15) is 35.1 Å². The van der Waals surface area contributed by atoms with Crippen molar-refractivity contribution in [1.29, 1.82) is 0 Å². The van der Waals surface area contributed by atoms with E-state index in [2.05, 4.69) is 25.6 Å². The van der Waals surface area contributed by atoms with E-state index in [4.69, 9.17) is 27.9 Å². The number of aromatic nitrogens is 4. The Kier molecular flexibility index (Phi) is 7.83. The van der Waals surface area contributed by atoms with Gasteiger partial charge in [-0.25, -0.2) is 15.0 Å². The Morgan fingerprint density at radius 1 is 1.18 bits per heavy atom. The number of aliphatic hydroxyl groups excluding tert-OH is 2. The predicted octanol–water partition coefficient (Wildman–Crippen LogP) is 3.26. The zero-order chi connectivity index (χ0) is 28.6. The highest BCUT2D eigenvalue weighted by Crippen LogP contribution is 2.33. The topological polar surface area (TPSA) is 178 Å². The fourth-order valence-electron chi connectivity index (χ4n) is 4.53. The number of benzene rings is 2. The van der Waals surface area contributed by atoms with Crippen molar-refractivity contribution in [3.8, 4) is 0 Å². The first-order valence-corrected chi connectivity index (χ1v) is 12.8. The Balaban J connectivity index is 1.42. The maximum atomic E-state index is 13.0. The smallest absolute Gasteiger partial charge is 0.269 e. The number of nitro groups is 1. The lowest BCUT2D eigenvalue weighted by molar-refractivity contribution is -0.384.